The van der Waals surface area contributed by atoms with Crippen molar-refractivity contribution >= 4 is 41.9 Å². The van der Waals surface area contributed by atoms with Crippen LogP contribution in [-0.2, 0) is 9.53 Å². The second kappa shape index (κ2) is 10.1. The molecule has 0 aromatic carbocycles. The minimum Gasteiger partial charge on any atom is -0.466 e. The number of carbonyl (C=O) groups is 1. The molecule has 0 aliphatic carbocycles. The Morgan fingerprint density at radius 2 is 1.85 bits per heavy atom. The SMILES string of the molecule is CC(C)(CC(=O)OCCCN1CCCCC1)N(Cl)Cl.Cl. The maximum absolute atomic E-state index is 11.6. The Bertz CT molecular complexity index is 283. The van der Waals surface area contributed by atoms with Gasteiger partial charge in [-0.25, -0.2) is 0 Å². The minimum absolute atomic E-state index is 0. The maximum atomic E-state index is 11.6. The molecule has 4 nitrogen and oxygen atoms in total. The Balaban J connectivity index is 0.00000361. The van der Waals surface area contributed by atoms with Crippen molar-refractivity contribution in [3.63, 3.8) is 0 Å². The third kappa shape index (κ3) is 7.89. The van der Waals surface area contributed by atoms with Crippen LogP contribution in [0.4, 0.5) is 0 Å². The van der Waals surface area contributed by atoms with Crippen LogP contribution in [0.25, 0.3) is 0 Å². The van der Waals surface area contributed by atoms with Crippen molar-refractivity contribution in [3.8, 4) is 0 Å². The summed E-state index contributed by atoms with van der Waals surface area (Å²) in [6, 6.07) is 0. The molecule has 1 aliphatic heterocycles. The molecule has 1 saturated heterocycles. The van der Waals surface area contributed by atoms with E-state index in [4.69, 9.17) is 28.3 Å². The second-order valence-corrected chi connectivity index (χ2v) is 6.55. The fraction of sp³-hybridized carbons (Fsp3) is 0.923. The van der Waals surface area contributed by atoms with Crippen LogP contribution in [0.3, 0.4) is 0 Å². The lowest BCUT2D eigenvalue weighted by Crippen LogP contribution is -2.35. The van der Waals surface area contributed by atoms with Crippen molar-refractivity contribution in [2.45, 2.75) is 51.5 Å². The van der Waals surface area contributed by atoms with Gasteiger partial charge in [0, 0.05) is 6.54 Å². The van der Waals surface area contributed by atoms with Gasteiger partial charge in [-0.1, -0.05) is 6.42 Å². The average molecular weight is 348 g/mol. The van der Waals surface area contributed by atoms with Gasteiger partial charge in [0.1, 0.15) is 0 Å². The molecule has 1 aliphatic rings. The summed E-state index contributed by atoms with van der Waals surface area (Å²) in [6.07, 6.45) is 4.99. The first kappa shape index (κ1) is 20.3. The van der Waals surface area contributed by atoms with E-state index in [0.717, 1.165) is 16.9 Å². The summed E-state index contributed by atoms with van der Waals surface area (Å²) in [5, 5.41) is 0. The first-order valence-electron chi connectivity index (χ1n) is 6.91. The van der Waals surface area contributed by atoms with Crippen LogP contribution >= 0.6 is 36.0 Å². The van der Waals surface area contributed by atoms with E-state index in [1.807, 2.05) is 0 Å². The number of halogens is 3. The number of carbonyl (C=O) groups excluding carboxylic acids is 1. The minimum atomic E-state index is -0.604. The smallest absolute Gasteiger partial charge is 0.307 e. The number of hydrogen-bond donors (Lipinski definition) is 0. The van der Waals surface area contributed by atoms with Gasteiger partial charge in [0.15, 0.2) is 0 Å². The van der Waals surface area contributed by atoms with E-state index >= 15 is 0 Å². The van der Waals surface area contributed by atoms with E-state index in [1.165, 1.54) is 32.4 Å². The Labute approximate surface area is 138 Å². The molecular weight excluding hydrogens is 323 g/mol. The van der Waals surface area contributed by atoms with Gasteiger partial charge in [0.25, 0.3) is 0 Å². The molecule has 1 rings (SSSR count). The number of piperidine rings is 1. The molecule has 7 heteroatoms. The molecule has 120 valence electrons. The van der Waals surface area contributed by atoms with E-state index in [2.05, 4.69) is 4.90 Å². The van der Waals surface area contributed by atoms with E-state index < -0.39 is 5.54 Å². The van der Waals surface area contributed by atoms with Crippen LogP contribution < -0.4 is 0 Å². The fourth-order valence-corrected chi connectivity index (χ4v) is 2.24. The number of rotatable bonds is 7. The molecule has 0 radical (unpaired) electrons. The number of likely N-dealkylation sites (tertiary alicyclic amines) is 1. The van der Waals surface area contributed by atoms with Crippen LogP contribution in [0.2, 0.25) is 0 Å². The molecule has 0 saturated carbocycles. The average Bonchev–Trinajstić information content (AvgIpc) is 2.35. The van der Waals surface area contributed by atoms with Gasteiger partial charge in [0.2, 0.25) is 0 Å². The number of nitrogens with zero attached hydrogens (tertiary/aromatic N) is 2. The lowest BCUT2D eigenvalue weighted by molar-refractivity contribution is -0.145. The lowest BCUT2D eigenvalue weighted by Gasteiger charge is -2.27. The highest BCUT2D eigenvalue weighted by Gasteiger charge is 2.28. The molecule has 0 atom stereocenters. The zero-order valence-electron chi connectivity index (χ0n) is 12.2. The van der Waals surface area contributed by atoms with Crippen molar-refractivity contribution in [1.82, 2.24) is 8.84 Å². The zero-order valence-corrected chi connectivity index (χ0v) is 14.6. The summed E-state index contributed by atoms with van der Waals surface area (Å²) in [5.74, 6) is -0.255. The molecule has 0 unspecified atom stereocenters. The van der Waals surface area contributed by atoms with Gasteiger partial charge in [-0.3, -0.25) is 4.79 Å². The van der Waals surface area contributed by atoms with Crippen molar-refractivity contribution in [2.75, 3.05) is 26.2 Å². The first-order valence-corrected chi connectivity index (χ1v) is 7.59. The normalized spacial score (nSPS) is 16.9. The largest absolute Gasteiger partial charge is 0.466 e. The zero-order chi connectivity index (χ0) is 14.3. The maximum Gasteiger partial charge on any atom is 0.307 e. The topological polar surface area (TPSA) is 32.8 Å². The Morgan fingerprint density at radius 1 is 1.25 bits per heavy atom. The van der Waals surface area contributed by atoms with Gasteiger partial charge >= 0.3 is 5.97 Å². The monoisotopic (exact) mass is 346 g/mol. The Hall–Kier alpha value is 0.260. The molecule has 20 heavy (non-hydrogen) atoms. The molecule has 0 aromatic heterocycles. The van der Waals surface area contributed by atoms with Crippen molar-refractivity contribution in [1.29, 1.82) is 0 Å². The fourth-order valence-electron chi connectivity index (χ4n) is 2.12. The Kier molecular flexibility index (Phi) is 10.2. The quantitative estimate of drug-likeness (QED) is 0.400. The van der Waals surface area contributed by atoms with Gasteiger partial charge in [-0.15, -0.1) is 16.3 Å². The standard InChI is InChI=1S/C13H24Cl2N2O2.ClH/c1-13(2,17(14)15)11-12(18)19-10-6-9-16-7-4-3-5-8-16;/h3-11H2,1-2H3;1H. The number of hydrogen-bond acceptors (Lipinski definition) is 4. The van der Waals surface area contributed by atoms with E-state index in [9.17, 15) is 4.79 Å². The molecule has 1 heterocycles. The van der Waals surface area contributed by atoms with Crippen molar-refractivity contribution in [2.24, 2.45) is 0 Å². The molecule has 1 fully saturated rings. The predicted octanol–water partition coefficient (Wildman–Crippen LogP) is 3.61. The predicted molar refractivity (Wildman–Crippen MR) is 85.4 cm³/mol. The van der Waals surface area contributed by atoms with E-state index in [-0.39, 0.29) is 24.8 Å². The summed E-state index contributed by atoms with van der Waals surface area (Å²) >= 11 is 11.3. The van der Waals surface area contributed by atoms with Crippen LogP contribution in [0.5, 0.6) is 0 Å². The second-order valence-electron chi connectivity index (χ2n) is 5.70. The van der Waals surface area contributed by atoms with E-state index in [1.54, 1.807) is 13.8 Å². The summed E-state index contributed by atoms with van der Waals surface area (Å²) in [4.78, 5) is 14.1. The van der Waals surface area contributed by atoms with Crippen LogP contribution in [0, 0.1) is 0 Å². The molecule has 0 bridgehead atoms. The molecule has 0 aromatic rings. The van der Waals surface area contributed by atoms with Crippen LogP contribution in [-0.4, -0.2) is 46.6 Å². The van der Waals surface area contributed by atoms with Gasteiger partial charge < -0.3 is 9.64 Å². The van der Waals surface area contributed by atoms with Gasteiger partial charge in [-0.2, -0.15) is 0 Å². The molecule has 0 spiro atoms. The van der Waals surface area contributed by atoms with E-state index in [0.29, 0.717) is 6.61 Å². The summed E-state index contributed by atoms with van der Waals surface area (Å²) < 4.78 is 6.21. The lowest BCUT2D eigenvalue weighted by atomic mass is 10.0. The van der Waals surface area contributed by atoms with Crippen LogP contribution in [0.1, 0.15) is 46.0 Å². The molecule has 0 N–H and O–H groups in total. The molecular formula is C13H25Cl3N2O2. The summed E-state index contributed by atoms with van der Waals surface area (Å²) in [5.41, 5.74) is -0.604. The number of esters is 1. The highest BCUT2D eigenvalue weighted by atomic mass is 35.5. The number of ether oxygens (including phenoxy) is 1. The summed E-state index contributed by atoms with van der Waals surface area (Å²) in [7, 11) is 0. The first-order chi connectivity index (χ1) is 8.92. The highest BCUT2D eigenvalue weighted by molar-refractivity contribution is 6.34. The highest BCUT2D eigenvalue weighted by Crippen LogP contribution is 2.23. The van der Waals surface area contributed by atoms with Crippen molar-refractivity contribution < 1.29 is 9.53 Å². The van der Waals surface area contributed by atoms with Gasteiger partial charge in [-0.05, 0) is 69.8 Å². The Morgan fingerprint density at radius 3 is 2.40 bits per heavy atom. The van der Waals surface area contributed by atoms with Crippen molar-refractivity contribution in [3.05, 3.63) is 0 Å². The molecule has 0 amide bonds. The van der Waals surface area contributed by atoms with Crippen LogP contribution in [0.15, 0.2) is 0 Å². The van der Waals surface area contributed by atoms with Gasteiger partial charge in [0.05, 0.1) is 18.6 Å². The summed E-state index contributed by atoms with van der Waals surface area (Å²) in [6.45, 7) is 7.41. The third-order valence-electron chi connectivity index (χ3n) is 3.36. The third-order valence-corrected chi connectivity index (χ3v) is 4.28.